The second kappa shape index (κ2) is 5.00. The molecule has 0 aliphatic heterocycles. The van der Waals surface area contributed by atoms with Gasteiger partial charge in [0.1, 0.15) is 5.82 Å². The minimum atomic E-state index is 0.625. The highest BCUT2D eigenvalue weighted by molar-refractivity contribution is 6.35. The van der Waals surface area contributed by atoms with E-state index in [-0.39, 0.29) is 0 Å². The Bertz CT molecular complexity index is 793. The van der Waals surface area contributed by atoms with E-state index >= 15 is 0 Å². The number of fused-ring (bicyclic) bond motifs is 1. The fourth-order valence-corrected chi connectivity index (χ4v) is 2.84. The van der Waals surface area contributed by atoms with Crippen molar-refractivity contribution in [2.75, 3.05) is 5.73 Å². The summed E-state index contributed by atoms with van der Waals surface area (Å²) in [7, 11) is 0. The molecule has 0 aliphatic carbocycles. The minimum absolute atomic E-state index is 0.625. The summed E-state index contributed by atoms with van der Waals surface area (Å²) in [4.78, 5) is 4.66. The Morgan fingerprint density at radius 3 is 2.70 bits per heavy atom. The highest BCUT2D eigenvalue weighted by atomic mass is 35.5. The molecule has 0 spiro atoms. The van der Waals surface area contributed by atoms with Crippen LogP contribution in [0, 0.1) is 0 Å². The summed E-state index contributed by atoms with van der Waals surface area (Å²) in [5, 5.41) is 1.31. The van der Waals surface area contributed by atoms with Gasteiger partial charge in [-0.25, -0.2) is 4.98 Å². The Morgan fingerprint density at radius 1 is 1.15 bits per heavy atom. The van der Waals surface area contributed by atoms with Gasteiger partial charge in [0.15, 0.2) is 0 Å². The Morgan fingerprint density at radius 2 is 1.95 bits per heavy atom. The lowest BCUT2D eigenvalue weighted by molar-refractivity contribution is 0.796. The Kier molecular flexibility index (Phi) is 3.32. The van der Waals surface area contributed by atoms with E-state index in [1.165, 1.54) is 0 Å². The molecule has 0 aliphatic rings. The first kappa shape index (κ1) is 13.3. The van der Waals surface area contributed by atoms with Crippen LogP contribution in [0.1, 0.15) is 6.92 Å². The van der Waals surface area contributed by atoms with E-state index in [0.717, 1.165) is 29.0 Å². The quantitative estimate of drug-likeness (QED) is 0.702. The number of aromatic nitrogens is 2. The second-order valence-electron chi connectivity index (χ2n) is 4.53. The third kappa shape index (κ3) is 2.03. The number of nitrogens with two attached hydrogens (primary N) is 1. The van der Waals surface area contributed by atoms with Crippen LogP contribution in [0.25, 0.3) is 22.4 Å². The normalized spacial score (nSPS) is 11.2. The van der Waals surface area contributed by atoms with Crippen molar-refractivity contribution < 1.29 is 0 Å². The van der Waals surface area contributed by atoms with Crippen molar-refractivity contribution in [3.05, 3.63) is 46.4 Å². The number of anilines is 1. The summed E-state index contributed by atoms with van der Waals surface area (Å²) >= 11 is 12.6. The van der Waals surface area contributed by atoms with Crippen LogP contribution < -0.4 is 5.73 Å². The monoisotopic (exact) mass is 305 g/mol. The van der Waals surface area contributed by atoms with Crippen LogP contribution in [0.2, 0.25) is 10.0 Å². The molecule has 1 aromatic heterocycles. The maximum absolute atomic E-state index is 6.29. The van der Waals surface area contributed by atoms with E-state index in [1.54, 1.807) is 12.1 Å². The predicted molar refractivity (Wildman–Crippen MR) is 85.3 cm³/mol. The van der Waals surface area contributed by atoms with Crippen LogP contribution in [0.15, 0.2) is 36.4 Å². The summed E-state index contributed by atoms with van der Waals surface area (Å²) < 4.78 is 2.05. The van der Waals surface area contributed by atoms with E-state index in [9.17, 15) is 0 Å². The van der Waals surface area contributed by atoms with Gasteiger partial charge >= 0.3 is 0 Å². The van der Waals surface area contributed by atoms with Gasteiger partial charge in [0, 0.05) is 17.8 Å². The van der Waals surface area contributed by atoms with Crippen LogP contribution >= 0.6 is 23.2 Å². The van der Waals surface area contributed by atoms with Crippen LogP contribution in [0.4, 0.5) is 5.69 Å². The smallest absolute Gasteiger partial charge is 0.142 e. The zero-order valence-electron chi connectivity index (χ0n) is 10.9. The molecule has 1 heterocycles. The lowest BCUT2D eigenvalue weighted by Gasteiger charge is -2.09. The average Bonchev–Trinajstić information content (AvgIpc) is 2.81. The fourth-order valence-electron chi connectivity index (χ4n) is 2.37. The van der Waals surface area contributed by atoms with Crippen molar-refractivity contribution in [3.63, 3.8) is 0 Å². The van der Waals surface area contributed by atoms with E-state index in [1.807, 2.05) is 31.2 Å². The number of nitrogen functional groups attached to an aromatic ring is 1. The van der Waals surface area contributed by atoms with Gasteiger partial charge in [-0.1, -0.05) is 29.3 Å². The van der Waals surface area contributed by atoms with E-state index in [2.05, 4.69) is 9.55 Å². The molecule has 2 N–H and O–H groups in total. The fraction of sp³-hybridized carbons (Fsp3) is 0.133. The number of aryl methyl sites for hydroxylation is 1. The van der Waals surface area contributed by atoms with Crippen molar-refractivity contribution in [1.29, 1.82) is 0 Å². The van der Waals surface area contributed by atoms with Gasteiger partial charge in [-0.05, 0) is 37.3 Å². The van der Waals surface area contributed by atoms with Gasteiger partial charge in [-0.3, -0.25) is 0 Å². The third-order valence-corrected chi connectivity index (χ3v) is 3.90. The molecule has 3 nitrogen and oxygen atoms in total. The van der Waals surface area contributed by atoms with Crippen LogP contribution in [-0.4, -0.2) is 9.55 Å². The lowest BCUT2D eigenvalue weighted by Crippen LogP contribution is -1.99. The van der Waals surface area contributed by atoms with Crippen LogP contribution in [0.5, 0.6) is 0 Å². The van der Waals surface area contributed by atoms with Gasteiger partial charge in [0.2, 0.25) is 0 Å². The van der Waals surface area contributed by atoms with Crippen molar-refractivity contribution in [3.8, 4) is 11.4 Å². The Labute approximate surface area is 126 Å². The molecule has 0 radical (unpaired) electrons. The van der Waals surface area contributed by atoms with Crippen molar-refractivity contribution in [2.45, 2.75) is 13.5 Å². The van der Waals surface area contributed by atoms with Crippen molar-refractivity contribution in [2.24, 2.45) is 0 Å². The first-order valence-corrected chi connectivity index (χ1v) is 7.07. The van der Waals surface area contributed by atoms with Gasteiger partial charge in [0.05, 0.1) is 21.1 Å². The molecule has 0 unspecified atom stereocenters. The number of benzene rings is 2. The standard InChI is InChI=1S/C15H13Cl2N3/c1-2-20-14-12(17)4-3-5-13(14)19-15(20)10-8-9(18)6-7-11(10)16/h3-8H,2,18H2,1H3. The topological polar surface area (TPSA) is 43.8 Å². The highest BCUT2D eigenvalue weighted by Crippen LogP contribution is 2.33. The second-order valence-corrected chi connectivity index (χ2v) is 5.34. The SMILES string of the molecule is CCn1c(-c2cc(N)ccc2Cl)nc2cccc(Cl)c21. The zero-order valence-corrected chi connectivity index (χ0v) is 12.4. The summed E-state index contributed by atoms with van der Waals surface area (Å²) in [6.07, 6.45) is 0. The largest absolute Gasteiger partial charge is 0.399 e. The number of imidazole rings is 1. The summed E-state index contributed by atoms with van der Waals surface area (Å²) in [5.41, 5.74) is 9.11. The molecular weight excluding hydrogens is 293 g/mol. The molecule has 0 fully saturated rings. The summed E-state index contributed by atoms with van der Waals surface area (Å²) in [6.45, 7) is 2.80. The molecule has 0 saturated carbocycles. The molecule has 102 valence electrons. The summed E-state index contributed by atoms with van der Waals surface area (Å²) in [6, 6.07) is 11.1. The molecule has 0 amide bonds. The molecule has 0 saturated heterocycles. The minimum Gasteiger partial charge on any atom is -0.399 e. The number of nitrogens with zero attached hydrogens (tertiary/aromatic N) is 2. The third-order valence-electron chi connectivity index (χ3n) is 3.26. The van der Waals surface area contributed by atoms with E-state index < -0.39 is 0 Å². The Balaban J connectivity index is 2.36. The Hall–Kier alpha value is -1.71. The molecule has 5 heteroatoms. The first-order valence-electron chi connectivity index (χ1n) is 6.32. The molecule has 3 aromatic rings. The van der Waals surface area contributed by atoms with Crippen molar-refractivity contribution >= 4 is 39.9 Å². The highest BCUT2D eigenvalue weighted by Gasteiger charge is 2.16. The van der Waals surface area contributed by atoms with Crippen LogP contribution in [-0.2, 0) is 6.54 Å². The predicted octanol–water partition coefficient (Wildman–Crippen LogP) is 4.61. The zero-order chi connectivity index (χ0) is 14.3. The molecular formula is C15H13Cl2N3. The first-order chi connectivity index (χ1) is 9.61. The van der Waals surface area contributed by atoms with Gasteiger partial charge in [0.25, 0.3) is 0 Å². The van der Waals surface area contributed by atoms with Gasteiger partial charge < -0.3 is 10.3 Å². The lowest BCUT2D eigenvalue weighted by atomic mass is 10.2. The number of para-hydroxylation sites is 1. The summed E-state index contributed by atoms with van der Waals surface area (Å²) in [5.74, 6) is 0.785. The van der Waals surface area contributed by atoms with Gasteiger partial charge in [-0.2, -0.15) is 0 Å². The number of hydrogen-bond donors (Lipinski definition) is 1. The molecule has 20 heavy (non-hydrogen) atoms. The maximum atomic E-state index is 6.29. The number of hydrogen-bond acceptors (Lipinski definition) is 2. The maximum Gasteiger partial charge on any atom is 0.142 e. The molecule has 2 aromatic carbocycles. The number of rotatable bonds is 2. The average molecular weight is 306 g/mol. The number of halogens is 2. The molecule has 0 atom stereocenters. The van der Waals surface area contributed by atoms with E-state index in [4.69, 9.17) is 28.9 Å². The van der Waals surface area contributed by atoms with Gasteiger partial charge in [-0.15, -0.1) is 0 Å². The van der Waals surface area contributed by atoms with Crippen molar-refractivity contribution in [1.82, 2.24) is 9.55 Å². The molecule has 3 rings (SSSR count). The molecule has 0 bridgehead atoms. The van der Waals surface area contributed by atoms with Crippen LogP contribution in [0.3, 0.4) is 0 Å². The van der Waals surface area contributed by atoms with E-state index in [0.29, 0.717) is 15.7 Å².